The summed E-state index contributed by atoms with van der Waals surface area (Å²) in [5, 5.41) is 9.46. The Morgan fingerprint density at radius 2 is 1.86 bits per heavy atom. The average molecular weight is 312 g/mol. The molecule has 0 spiro atoms. The van der Waals surface area contributed by atoms with Gasteiger partial charge in [-0.1, -0.05) is 19.3 Å². The van der Waals surface area contributed by atoms with Crippen molar-refractivity contribution in [1.82, 2.24) is 16.0 Å². The molecule has 6 nitrogen and oxygen atoms in total. The topological polar surface area (TPSA) is 74.8 Å². The normalized spacial score (nSPS) is 16.4. The molecular weight excluding hydrogens is 280 g/mol. The lowest BCUT2D eigenvalue weighted by Crippen LogP contribution is -2.42. The Morgan fingerprint density at radius 1 is 1.14 bits per heavy atom. The van der Waals surface area contributed by atoms with Crippen molar-refractivity contribution in [3.8, 4) is 0 Å². The van der Waals surface area contributed by atoms with Gasteiger partial charge in [-0.2, -0.15) is 0 Å². The highest BCUT2D eigenvalue weighted by Gasteiger charge is 2.20. The monoisotopic (exact) mass is 312 g/mol. The summed E-state index contributed by atoms with van der Waals surface area (Å²) in [6.07, 6.45) is 6.65. The van der Waals surface area contributed by atoms with E-state index in [0.717, 1.165) is 44.9 Å². The number of methoxy groups -OCH3 is 1. The van der Waals surface area contributed by atoms with E-state index in [1.54, 1.807) is 7.11 Å². The molecule has 0 atom stereocenters. The molecule has 0 unspecified atom stereocenters. The molecule has 1 rings (SSSR count). The fraction of sp³-hybridized carbons (Fsp3) is 0.875. The number of guanidine groups is 1. The van der Waals surface area contributed by atoms with E-state index in [2.05, 4.69) is 20.9 Å². The van der Waals surface area contributed by atoms with E-state index >= 15 is 0 Å². The van der Waals surface area contributed by atoms with Crippen molar-refractivity contribution in [3.63, 3.8) is 0 Å². The summed E-state index contributed by atoms with van der Waals surface area (Å²) >= 11 is 0. The van der Waals surface area contributed by atoms with Crippen molar-refractivity contribution < 1.29 is 9.53 Å². The molecule has 1 amide bonds. The Bertz CT molecular complexity index is 328. The summed E-state index contributed by atoms with van der Waals surface area (Å²) in [6.45, 7) is 5.64. The van der Waals surface area contributed by atoms with Gasteiger partial charge < -0.3 is 20.7 Å². The number of aliphatic imine (C=N–C) groups is 1. The number of hydrogen-bond donors (Lipinski definition) is 3. The largest absolute Gasteiger partial charge is 0.385 e. The highest BCUT2D eigenvalue weighted by molar-refractivity contribution is 5.80. The molecular formula is C16H32N4O2. The molecule has 22 heavy (non-hydrogen) atoms. The van der Waals surface area contributed by atoms with Gasteiger partial charge in [0, 0.05) is 45.8 Å². The summed E-state index contributed by atoms with van der Waals surface area (Å²) < 4.78 is 5.01. The molecule has 1 aliphatic carbocycles. The zero-order valence-corrected chi connectivity index (χ0v) is 14.1. The first-order valence-corrected chi connectivity index (χ1v) is 8.56. The lowest BCUT2D eigenvalue weighted by molar-refractivity contribution is -0.125. The zero-order valence-electron chi connectivity index (χ0n) is 14.1. The van der Waals surface area contributed by atoms with Gasteiger partial charge >= 0.3 is 0 Å². The van der Waals surface area contributed by atoms with Gasteiger partial charge in [0.05, 0.1) is 0 Å². The maximum absolute atomic E-state index is 12.0. The van der Waals surface area contributed by atoms with Gasteiger partial charge in [-0.3, -0.25) is 9.79 Å². The molecule has 0 heterocycles. The minimum absolute atomic E-state index is 0.212. The van der Waals surface area contributed by atoms with Crippen LogP contribution in [0.4, 0.5) is 0 Å². The first-order chi connectivity index (χ1) is 10.8. The SMILES string of the molecule is CCNC(=NCCCOC)NCCNC(=O)C1CCCCC1. The van der Waals surface area contributed by atoms with Crippen molar-refractivity contribution >= 4 is 11.9 Å². The zero-order chi connectivity index (χ0) is 16.0. The minimum Gasteiger partial charge on any atom is -0.385 e. The van der Waals surface area contributed by atoms with E-state index < -0.39 is 0 Å². The maximum atomic E-state index is 12.0. The predicted molar refractivity (Wildman–Crippen MR) is 90.1 cm³/mol. The second-order valence-corrected chi connectivity index (χ2v) is 5.66. The van der Waals surface area contributed by atoms with Crippen LogP contribution in [0.3, 0.4) is 0 Å². The molecule has 0 saturated heterocycles. The van der Waals surface area contributed by atoms with Crippen molar-refractivity contribution in [2.24, 2.45) is 10.9 Å². The Morgan fingerprint density at radius 3 is 2.55 bits per heavy atom. The van der Waals surface area contributed by atoms with Crippen LogP contribution in [-0.2, 0) is 9.53 Å². The molecule has 128 valence electrons. The Labute approximate surface area is 134 Å². The van der Waals surface area contributed by atoms with Gasteiger partial charge in [-0.05, 0) is 26.2 Å². The Hall–Kier alpha value is -1.30. The molecule has 1 aliphatic rings. The molecule has 0 aromatic heterocycles. The number of ether oxygens (including phenoxy) is 1. The fourth-order valence-electron chi connectivity index (χ4n) is 2.62. The summed E-state index contributed by atoms with van der Waals surface area (Å²) in [5.41, 5.74) is 0. The Balaban J connectivity index is 2.17. The summed E-state index contributed by atoms with van der Waals surface area (Å²) in [4.78, 5) is 16.5. The van der Waals surface area contributed by atoms with Gasteiger partial charge in [0.15, 0.2) is 5.96 Å². The molecule has 6 heteroatoms. The van der Waals surface area contributed by atoms with Crippen LogP contribution >= 0.6 is 0 Å². The van der Waals surface area contributed by atoms with Crippen molar-refractivity contribution in [1.29, 1.82) is 0 Å². The van der Waals surface area contributed by atoms with Gasteiger partial charge in [0.2, 0.25) is 5.91 Å². The van der Waals surface area contributed by atoms with Gasteiger partial charge in [0.25, 0.3) is 0 Å². The molecule has 1 fully saturated rings. The van der Waals surface area contributed by atoms with E-state index in [9.17, 15) is 4.79 Å². The van der Waals surface area contributed by atoms with E-state index in [1.165, 1.54) is 19.3 Å². The number of rotatable bonds is 9. The number of carbonyl (C=O) groups excluding carboxylic acids is 1. The highest BCUT2D eigenvalue weighted by atomic mass is 16.5. The first-order valence-electron chi connectivity index (χ1n) is 8.56. The van der Waals surface area contributed by atoms with Crippen LogP contribution in [0.25, 0.3) is 0 Å². The Kier molecular flexibility index (Phi) is 10.5. The van der Waals surface area contributed by atoms with Gasteiger partial charge in [-0.15, -0.1) is 0 Å². The number of nitrogens with zero attached hydrogens (tertiary/aromatic N) is 1. The average Bonchev–Trinajstić information content (AvgIpc) is 2.56. The van der Waals surface area contributed by atoms with Crippen LogP contribution in [0.15, 0.2) is 4.99 Å². The van der Waals surface area contributed by atoms with Crippen LogP contribution in [0.2, 0.25) is 0 Å². The van der Waals surface area contributed by atoms with Crippen LogP contribution < -0.4 is 16.0 Å². The summed E-state index contributed by atoms with van der Waals surface area (Å²) in [5.74, 6) is 1.23. The maximum Gasteiger partial charge on any atom is 0.223 e. The second-order valence-electron chi connectivity index (χ2n) is 5.66. The number of nitrogens with one attached hydrogen (secondary N) is 3. The minimum atomic E-state index is 0.212. The number of hydrogen-bond acceptors (Lipinski definition) is 3. The van der Waals surface area contributed by atoms with E-state index in [0.29, 0.717) is 13.1 Å². The lowest BCUT2D eigenvalue weighted by Gasteiger charge is -2.21. The van der Waals surface area contributed by atoms with E-state index in [1.807, 2.05) is 6.92 Å². The first kappa shape index (κ1) is 18.7. The van der Waals surface area contributed by atoms with Crippen molar-refractivity contribution in [2.75, 3.05) is 39.9 Å². The molecule has 0 aromatic carbocycles. The third-order valence-electron chi connectivity index (χ3n) is 3.81. The second kappa shape index (κ2) is 12.3. The van der Waals surface area contributed by atoms with Gasteiger partial charge in [0.1, 0.15) is 0 Å². The predicted octanol–water partition coefficient (Wildman–Crippen LogP) is 1.27. The molecule has 0 bridgehead atoms. The molecule has 0 aromatic rings. The fourth-order valence-corrected chi connectivity index (χ4v) is 2.62. The van der Waals surface area contributed by atoms with Crippen molar-refractivity contribution in [2.45, 2.75) is 45.4 Å². The third-order valence-corrected chi connectivity index (χ3v) is 3.81. The number of amides is 1. The van der Waals surface area contributed by atoms with E-state index in [-0.39, 0.29) is 11.8 Å². The molecule has 1 saturated carbocycles. The highest BCUT2D eigenvalue weighted by Crippen LogP contribution is 2.23. The lowest BCUT2D eigenvalue weighted by atomic mass is 9.89. The number of carbonyl (C=O) groups is 1. The molecule has 0 radical (unpaired) electrons. The van der Waals surface area contributed by atoms with Crippen LogP contribution in [0, 0.1) is 5.92 Å². The van der Waals surface area contributed by atoms with E-state index in [4.69, 9.17) is 4.74 Å². The van der Waals surface area contributed by atoms with Crippen LogP contribution in [-0.4, -0.2) is 51.8 Å². The molecule has 0 aliphatic heterocycles. The van der Waals surface area contributed by atoms with Crippen LogP contribution in [0.1, 0.15) is 45.4 Å². The smallest absolute Gasteiger partial charge is 0.223 e. The summed E-state index contributed by atoms with van der Waals surface area (Å²) in [6, 6.07) is 0. The van der Waals surface area contributed by atoms with Crippen LogP contribution in [0.5, 0.6) is 0 Å². The third kappa shape index (κ3) is 8.22. The van der Waals surface area contributed by atoms with Crippen molar-refractivity contribution in [3.05, 3.63) is 0 Å². The summed E-state index contributed by atoms with van der Waals surface area (Å²) in [7, 11) is 1.70. The quantitative estimate of drug-likeness (QED) is 0.340. The standard InChI is InChI=1S/C16H32N4O2/c1-3-17-16(19-10-7-13-22-2)20-12-11-18-15(21)14-8-5-4-6-9-14/h14H,3-13H2,1-2H3,(H,18,21)(H2,17,19,20). The van der Waals surface area contributed by atoms with Gasteiger partial charge in [-0.25, -0.2) is 0 Å². The molecule has 3 N–H and O–H groups in total.